The lowest BCUT2D eigenvalue weighted by atomic mass is 10.3. The molecule has 0 aliphatic heterocycles. The van der Waals surface area contributed by atoms with E-state index in [1.54, 1.807) is 12.1 Å². The van der Waals surface area contributed by atoms with E-state index in [0.717, 1.165) is 10.0 Å². The molecule has 1 aromatic carbocycles. The summed E-state index contributed by atoms with van der Waals surface area (Å²) < 4.78 is 19.5. The minimum Gasteiger partial charge on any atom is -0.486 e. The lowest BCUT2D eigenvalue weighted by Gasteiger charge is -2.12. The third kappa shape index (κ3) is 5.33. The zero-order chi connectivity index (χ0) is 12.8. The molecule has 0 saturated carbocycles. The van der Waals surface area contributed by atoms with Crippen LogP contribution in [0.2, 0.25) is 0 Å². The van der Waals surface area contributed by atoms with Crippen molar-refractivity contribution in [2.75, 3.05) is 13.2 Å². The summed E-state index contributed by atoms with van der Waals surface area (Å²) in [7, 11) is 0. The van der Waals surface area contributed by atoms with E-state index in [1.807, 2.05) is 0 Å². The van der Waals surface area contributed by atoms with Gasteiger partial charge in [-0.15, -0.1) is 0 Å². The van der Waals surface area contributed by atoms with Crippen LogP contribution in [0.5, 0.6) is 5.75 Å². The fourth-order valence-electron chi connectivity index (χ4n) is 1.17. The molecule has 0 fully saturated rings. The van der Waals surface area contributed by atoms with Crippen LogP contribution < -0.4 is 10.1 Å². The van der Waals surface area contributed by atoms with Crippen molar-refractivity contribution in [2.24, 2.45) is 0 Å². The molecule has 0 heterocycles. The summed E-state index contributed by atoms with van der Waals surface area (Å²) >= 11 is 3.27. The van der Waals surface area contributed by atoms with Crippen molar-refractivity contribution >= 4 is 15.9 Å². The second-order valence-corrected chi connectivity index (χ2v) is 5.06. The maximum Gasteiger partial charge on any atom is 0.165 e. The van der Waals surface area contributed by atoms with Gasteiger partial charge in [0, 0.05) is 17.1 Å². The Morgan fingerprint density at radius 1 is 1.53 bits per heavy atom. The highest BCUT2D eigenvalue weighted by molar-refractivity contribution is 9.10. The van der Waals surface area contributed by atoms with E-state index in [0.29, 0.717) is 19.2 Å². The van der Waals surface area contributed by atoms with Gasteiger partial charge in [0.1, 0.15) is 6.61 Å². The van der Waals surface area contributed by atoms with Gasteiger partial charge in [0.05, 0.1) is 0 Å². The molecule has 0 unspecified atom stereocenters. The maximum absolute atomic E-state index is 13.3. The average molecular weight is 302 g/mol. The highest BCUT2D eigenvalue weighted by Gasteiger charge is 2.05. The molecule has 0 aromatic heterocycles. The van der Waals surface area contributed by atoms with Crippen LogP contribution in [0.15, 0.2) is 34.8 Å². The average Bonchev–Trinajstić information content (AvgIpc) is 2.27. The van der Waals surface area contributed by atoms with Crippen LogP contribution in [0, 0.1) is 5.82 Å². The summed E-state index contributed by atoms with van der Waals surface area (Å²) in [6.45, 7) is 8.97. The van der Waals surface area contributed by atoms with Gasteiger partial charge in [0.25, 0.3) is 0 Å². The molecule has 0 amide bonds. The molecule has 4 heteroatoms. The molecule has 0 aliphatic rings. The number of hydrogen-bond acceptors (Lipinski definition) is 2. The SMILES string of the molecule is C=C(CNC(C)C)COc1cc(Br)ccc1F. The fraction of sp³-hybridized carbons (Fsp3) is 0.385. The Morgan fingerprint density at radius 2 is 2.24 bits per heavy atom. The second kappa shape index (κ2) is 6.77. The molecule has 0 bridgehead atoms. The Hall–Kier alpha value is -0.870. The molecule has 1 rings (SSSR count). The lowest BCUT2D eigenvalue weighted by Crippen LogP contribution is -2.26. The molecule has 0 radical (unpaired) electrons. The standard InChI is InChI=1S/C13H17BrFNO/c1-9(2)16-7-10(3)8-17-13-6-11(14)4-5-12(13)15/h4-6,9,16H,3,7-8H2,1-2H3. The minimum atomic E-state index is -0.363. The van der Waals surface area contributed by atoms with E-state index >= 15 is 0 Å². The topological polar surface area (TPSA) is 21.3 Å². The first-order chi connectivity index (χ1) is 7.99. The Balaban J connectivity index is 2.44. The van der Waals surface area contributed by atoms with Gasteiger partial charge in [0.2, 0.25) is 0 Å². The number of halogens is 2. The Labute approximate surface area is 110 Å². The fourth-order valence-corrected chi connectivity index (χ4v) is 1.51. The molecule has 94 valence electrons. The van der Waals surface area contributed by atoms with Crippen LogP contribution in [0.4, 0.5) is 4.39 Å². The van der Waals surface area contributed by atoms with Crippen molar-refractivity contribution in [3.63, 3.8) is 0 Å². The van der Waals surface area contributed by atoms with Gasteiger partial charge >= 0.3 is 0 Å². The van der Waals surface area contributed by atoms with Crippen molar-refractivity contribution in [3.05, 3.63) is 40.6 Å². The summed E-state index contributed by atoms with van der Waals surface area (Å²) in [5.74, 6) is -0.122. The van der Waals surface area contributed by atoms with Crippen LogP contribution in [-0.4, -0.2) is 19.2 Å². The smallest absolute Gasteiger partial charge is 0.165 e. The molecule has 0 atom stereocenters. The Bertz CT molecular complexity index is 393. The van der Waals surface area contributed by atoms with Gasteiger partial charge in [-0.25, -0.2) is 4.39 Å². The largest absolute Gasteiger partial charge is 0.486 e. The van der Waals surface area contributed by atoms with Crippen molar-refractivity contribution in [1.82, 2.24) is 5.32 Å². The summed E-state index contributed by atoms with van der Waals surface area (Å²) in [5.41, 5.74) is 0.887. The molecular weight excluding hydrogens is 285 g/mol. The first-order valence-corrected chi connectivity index (χ1v) is 6.26. The molecule has 1 N–H and O–H groups in total. The first kappa shape index (κ1) is 14.2. The summed E-state index contributed by atoms with van der Waals surface area (Å²) in [6, 6.07) is 5.01. The quantitative estimate of drug-likeness (QED) is 0.812. The number of rotatable bonds is 6. The molecule has 2 nitrogen and oxygen atoms in total. The van der Waals surface area contributed by atoms with Gasteiger partial charge in [-0.3, -0.25) is 0 Å². The van der Waals surface area contributed by atoms with Crippen molar-refractivity contribution in [2.45, 2.75) is 19.9 Å². The summed E-state index contributed by atoms with van der Waals surface area (Å²) in [6.07, 6.45) is 0. The second-order valence-electron chi connectivity index (χ2n) is 4.15. The highest BCUT2D eigenvalue weighted by Crippen LogP contribution is 2.22. The third-order valence-corrected chi connectivity index (χ3v) is 2.58. The number of ether oxygens (including phenoxy) is 1. The molecular formula is C13H17BrFNO. The van der Waals surface area contributed by atoms with E-state index in [2.05, 4.69) is 41.7 Å². The normalized spacial score (nSPS) is 10.6. The zero-order valence-electron chi connectivity index (χ0n) is 10.1. The monoisotopic (exact) mass is 301 g/mol. The third-order valence-electron chi connectivity index (χ3n) is 2.09. The molecule has 0 aliphatic carbocycles. The zero-order valence-corrected chi connectivity index (χ0v) is 11.7. The molecule has 0 saturated heterocycles. The van der Waals surface area contributed by atoms with Crippen molar-refractivity contribution < 1.29 is 9.13 Å². The van der Waals surface area contributed by atoms with Gasteiger partial charge in [0.15, 0.2) is 11.6 Å². The van der Waals surface area contributed by atoms with Crippen LogP contribution >= 0.6 is 15.9 Å². The molecule has 17 heavy (non-hydrogen) atoms. The summed E-state index contributed by atoms with van der Waals surface area (Å²) in [4.78, 5) is 0. The maximum atomic E-state index is 13.3. The van der Waals surface area contributed by atoms with Crippen LogP contribution in [0.3, 0.4) is 0 Å². The molecule has 0 spiro atoms. The summed E-state index contributed by atoms with van der Waals surface area (Å²) in [5, 5.41) is 3.22. The minimum absolute atomic E-state index is 0.241. The van der Waals surface area contributed by atoms with Crippen LogP contribution in [-0.2, 0) is 0 Å². The first-order valence-electron chi connectivity index (χ1n) is 5.47. The van der Waals surface area contributed by atoms with Gasteiger partial charge in [-0.05, 0) is 23.8 Å². The van der Waals surface area contributed by atoms with Crippen LogP contribution in [0.25, 0.3) is 0 Å². The van der Waals surface area contributed by atoms with Crippen LogP contribution in [0.1, 0.15) is 13.8 Å². The van der Waals surface area contributed by atoms with E-state index in [9.17, 15) is 4.39 Å². The van der Waals surface area contributed by atoms with Gasteiger partial charge in [-0.1, -0.05) is 36.4 Å². The van der Waals surface area contributed by atoms with E-state index in [1.165, 1.54) is 6.07 Å². The van der Waals surface area contributed by atoms with E-state index in [-0.39, 0.29) is 11.6 Å². The number of benzene rings is 1. The molecule has 1 aromatic rings. The van der Waals surface area contributed by atoms with Crippen molar-refractivity contribution in [3.8, 4) is 5.75 Å². The predicted octanol–water partition coefficient (Wildman–Crippen LogP) is 3.52. The highest BCUT2D eigenvalue weighted by atomic mass is 79.9. The van der Waals surface area contributed by atoms with Gasteiger partial charge < -0.3 is 10.1 Å². The van der Waals surface area contributed by atoms with Gasteiger partial charge in [-0.2, -0.15) is 0 Å². The van der Waals surface area contributed by atoms with Crippen molar-refractivity contribution in [1.29, 1.82) is 0 Å². The van der Waals surface area contributed by atoms with E-state index in [4.69, 9.17) is 4.74 Å². The lowest BCUT2D eigenvalue weighted by molar-refractivity contribution is 0.328. The van der Waals surface area contributed by atoms with E-state index < -0.39 is 0 Å². The Kier molecular flexibility index (Phi) is 5.65. The Morgan fingerprint density at radius 3 is 2.88 bits per heavy atom. The predicted molar refractivity (Wildman–Crippen MR) is 71.9 cm³/mol. The number of nitrogens with one attached hydrogen (secondary N) is 1. The number of hydrogen-bond donors (Lipinski definition) is 1.